The molecule has 112 valence electrons. The van der Waals surface area contributed by atoms with Crippen molar-refractivity contribution in [3.8, 4) is 0 Å². The third-order valence-corrected chi connectivity index (χ3v) is 4.02. The molecule has 0 saturated carbocycles. The van der Waals surface area contributed by atoms with Crippen LogP contribution in [-0.2, 0) is 4.74 Å². The average molecular weight is 275 g/mol. The van der Waals surface area contributed by atoms with Crippen LogP contribution < -0.4 is 5.32 Å². The summed E-state index contributed by atoms with van der Waals surface area (Å²) in [6.07, 6.45) is 3.77. The van der Waals surface area contributed by atoms with Gasteiger partial charge in [-0.1, -0.05) is 30.3 Å². The Morgan fingerprint density at radius 1 is 1.25 bits per heavy atom. The third-order valence-electron chi connectivity index (χ3n) is 4.02. The molecule has 2 nitrogen and oxygen atoms in total. The molecule has 0 aromatic heterocycles. The molecule has 1 N–H and O–H groups in total. The zero-order valence-electron chi connectivity index (χ0n) is 13.2. The van der Waals surface area contributed by atoms with Crippen LogP contribution in [0.25, 0.3) is 0 Å². The van der Waals surface area contributed by atoms with Gasteiger partial charge in [0.25, 0.3) is 0 Å². The average Bonchev–Trinajstić information content (AvgIpc) is 2.44. The van der Waals surface area contributed by atoms with Crippen molar-refractivity contribution in [2.24, 2.45) is 5.92 Å². The Labute approximate surface area is 123 Å². The number of benzene rings is 1. The predicted octanol–water partition coefficient (Wildman–Crippen LogP) is 3.98. The van der Waals surface area contributed by atoms with Crippen molar-refractivity contribution in [3.63, 3.8) is 0 Å². The SMILES string of the molecule is CC(C)(C)NCC(CC1CCCOC1)c1ccccc1. The topological polar surface area (TPSA) is 21.3 Å². The molecule has 1 aromatic rings. The van der Waals surface area contributed by atoms with E-state index >= 15 is 0 Å². The fraction of sp³-hybridized carbons (Fsp3) is 0.667. The number of hydrogen-bond donors (Lipinski definition) is 1. The minimum absolute atomic E-state index is 0.177. The lowest BCUT2D eigenvalue weighted by Gasteiger charge is -2.30. The van der Waals surface area contributed by atoms with Crippen LogP contribution in [-0.4, -0.2) is 25.3 Å². The van der Waals surface area contributed by atoms with Crippen LogP contribution in [0.5, 0.6) is 0 Å². The van der Waals surface area contributed by atoms with E-state index in [4.69, 9.17) is 4.74 Å². The Morgan fingerprint density at radius 3 is 2.60 bits per heavy atom. The zero-order valence-corrected chi connectivity index (χ0v) is 13.2. The highest BCUT2D eigenvalue weighted by atomic mass is 16.5. The van der Waals surface area contributed by atoms with Gasteiger partial charge < -0.3 is 10.1 Å². The summed E-state index contributed by atoms with van der Waals surface area (Å²) in [5, 5.41) is 3.67. The first-order valence-corrected chi connectivity index (χ1v) is 7.92. The molecule has 0 spiro atoms. The third kappa shape index (κ3) is 5.26. The molecule has 0 radical (unpaired) electrons. The van der Waals surface area contributed by atoms with Crippen LogP contribution in [0.2, 0.25) is 0 Å². The van der Waals surface area contributed by atoms with E-state index in [1.807, 2.05) is 0 Å². The maximum atomic E-state index is 5.64. The van der Waals surface area contributed by atoms with Gasteiger partial charge in [-0.3, -0.25) is 0 Å². The van der Waals surface area contributed by atoms with E-state index in [2.05, 4.69) is 56.4 Å². The Hall–Kier alpha value is -0.860. The van der Waals surface area contributed by atoms with Crippen LogP contribution in [0.1, 0.15) is 51.5 Å². The number of hydrogen-bond acceptors (Lipinski definition) is 2. The summed E-state index contributed by atoms with van der Waals surface area (Å²) >= 11 is 0. The van der Waals surface area contributed by atoms with E-state index in [9.17, 15) is 0 Å². The number of nitrogens with one attached hydrogen (secondary N) is 1. The van der Waals surface area contributed by atoms with Crippen molar-refractivity contribution in [1.29, 1.82) is 0 Å². The van der Waals surface area contributed by atoms with Gasteiger partial charge in [-0.2, -0.15) is 0 Å². The second kappa shape index (κ2) is 7.24. The summed E-state index contributed by atoms with van der Waals surface area (Å²) < 4.78 is 5.64. The van der Waals surface area contributed by atoms with E-state index < -0.39 is 0 Å². The van der Waals surface area contributed by atoms with Crippen molar-refractivity contribution >= 4 is 0 Å². The number of rotatable bonds is 5. The molecule has 1 saturated heterocycles. The van der Waals surface area contributed by atoms with Crippen molar-refractivity contribution in [2.45, 2.75) is 51.5 Å². The largest absolute Gasteiger partial charge is 0.381 e. The molecule has 1 aliphatic rings. The molecule has 0 amide bonds. The fourth-order valence-electron chi connectivity index (χ4n) is 2.89. The van der Waals surface area contributed by atoms with Gasteiger partial charge in [0.1, 0.15) is 0 Å². The molecule has 20 heavy (non-hydrogen) atoms. The summed E-state index contributed by atoms with van der Waals surface area (Å²) in [4.78, 5) is 0. The van der Waals surface area contributed by atoms with Crippen LogP contribution in [0.4, 0.5) is 0 Å². The van der Waals surface area contributed by atoms with E-state index in [-0.39, 0.29) is 5.54 Å². The maximum absolute atomic E-state index is 5.64. The normalized spacial score (nSPS) is 21.6. The van der Waals surface area contributed by atoms with E-state index in [1.165, 1.54) is 24.8 Å². The molecular formula is C18H29NO. The van der Waals surface area contributed by atoms with Crippen LogP contribution >= 0.6 is 0 Å². The minimum atomic E-state index is 0.177. The van der Waals surface area contributed by atoms with E-state index in [0.717, 1.165) is 25.7 Å². The molecule has 2 atom stereocenters. The first-order valence-electron chi connectivity index (χ1n) is 7.92. The highest BCUT2D eigenvalue weighted by molar-refractivity contribution is 5.20. The Bertz CT molecular complexity index is 376. The van der Waals surface area contributed by atoms with Crippen molar-refractivity contribution in [3.05, 3.63) is 35.9 Å². The highest BCUT2D eigenvalue weighted by Gasteiger charge is 2.22. The Morgan fingerprint density at radius 2 is 2.00 bits per heavy atom. The lowest BCUT2D eigenvalue weighted by molar-refractivity contribution is 0.0486. The maximum Gasteiger partial charge on any atom is 0.0494 e. The molecule has 1 aromatic carbocycles. The van der Waals surface area contributed by atoms with E-state index in [1.54, 1.807) is 0 Å². The molecule has 1 heterocycles. The van der Waals surface area contributed by atoms with Gasteiger partial charge in [0.05, 0.1) is 0 Å². The van der Waals surface area contributed by atoms with Crippen LogP contribution in [0.15, 0.2) is 30.3 Å². The quantitative estimate of drug-likeness (QED) is 0.878. The summed E-state index contributed by atoms with van der Waals surface area (Å²) in [6.45, 7) is 9.64. The summed E-state index contributed by atoms with van der Waals surface area (Å²) in [7, 11) is 0. The van der Waals surface area contributed by atoms with Crippen LogP contribution in [0, 0.1) is 5.92 Å². The summed E-state index contributed by atoms with van der Waals surface area (Å²) in [5.41, 5.74) is 1.63. The van der Waals surface area contributed by atoms with Crippen molar-refractivity contribution in [1.82, 2.24) is 5.32 Å². The number of ether oxygens (including phenoxy) is 1. The standard InChI is InChI=1S/C18H29NO/c1-18(2,3)19-13-17(16-9-5-4-6-10-16)12-15-8-7-11-20-14-15/h4-6,9-10,15,17,19H,7-8,11-14H2,1-3H3. The first-order chi connectivity index (χ1) is 9.54. The van der Waals surface area contributed by atoms with Crippen LogP contribution in [0.3, 0.4) is 0 Å². The lowest BCUT2D eigenvalue weighted by Crippen LogP contribution is -2.39. The smallest absolute Gasteiger partial charge is 0.0494 e. The van der Waals surface area contributed by atoms with Crippen molar-refractivity contribution < 1.29 is 4.74 Å². The van der Waals surface area contributed by atoms with Gasteiger partial charge in [-0.05, 0) is 57.4 Å². The zero-order chi connectivity index (χ0) is 14.4. The van der Waals surface area contributed by atoms with Gasteiger partial charge in [0.2, 0.25) is 0 Å². The van der Waals surface area contributed by atoms with Crippen molar-refractivity contribution in [2.75, 3.05) is 19.8 Å². The summed E-state index contributed by atoms with van der Waals surface area (Å²) in [5.74, 6) is 1.30. The predicted molar refractivity (Wildman–Crippen MR) is 85.1 cm³/mol. The van der Waals surface area contributed by atoms with E-state index in [0.29, 0.717) is 5.92 Å². The fourth-order valence-corrected chi connectivity index (χ4v) is 2.89. The molecule has 2 unspecified atom stereocenters. The molecule has 2 heteroatoms. The molecule has 2 rings (SSSR count). The summed E-state index contributed by atoms with van der Waals surface area (Å²) in [6, 6.07) is 10.9. The molecule has 1 aliphatic heterocycles. The van der Waals surface area contributed by atoms with Gasteiger partial charge in [0, 0.05) is 25.3 Å². The monoisotopic (exact) mass is 275 g/mol. The Kier molecular flexibility index (Phi) is 5.62. The molecular weight excluding hydrogens is 246 g/mol. The van der Waals surface area contributed by atoms with Gasteiger partial charge in [0.15, 0.2) is 0 Å². The second-order valence-corrected chi connectivity index (χ2v) is 7.06. The minimum Gasteiger partial charge on any atom is -0.381 e. The molecule has 0 bridgehead atoms. The molecule has 0 aliphatic carbocycles. The highest BCUT2D eigenvalue weighted by Crippen LogP contribution is 2.28. The Balaban J connectivity index is 1.99. The van der Waals surface area contributed by atoms with Gasteiger partial charge in [-0.15, -0.1) is 0 Å². The van der Waals surface area contributed by atoms with Gasteiger partial charge in [-0.25, -0.2) is 0 Å². The molecule has 1 fully saturated rings. The lowest BCUT2D eigenvalue weighted by atomic mass is 9.85. The second-order valence-electron chi connectivity index (χ2n) is 7.06. The van der Waals surface area contributed by atoms with Gasteiger partial charge >= 0.3 is 0 Å². The first kappa shape index (κ1) is 15.5.